The minimum absolute atomic E-state index is 0.103. The van der Waals surface area contributed by atoms with Crippen molar-refractivity contribution in [3.05, 3.63) is 35.4 Å². The largest absolute Gasteiger partial charge is 0.504 e. The molecule has 66 valence electrons. The van der Waals surface area contributed by atoms with Crippen molar-refractivity contribution in [2.45, 2.75) is 0 Å². The highest BCUT2D eigenvalue weighted by Gasteiger charge is 2.04. The first-order chi connectivity index (χ1) is 6.18. The lowest BCUT2D eigenvalue weighted by Crippen LogP contribution is -1.75. The van der Waals surface area contributed by atoms with Crippen molar-refractivity contribution >= 4 is 22.4 Å². The maximum absolute atomic E-state index is 9.46. The highest BCUT2D eigenvalue weighted by molar-refractivity contribution is 6.31. The van der Waals surface area contributed by atoms with E-state index in [9.17, 15) is 10.2 Å². The number of aromatic hydroxyl groups is 2. The van der Waals surface area contributed by atoms with Gasteiger partial charge in [-0.15, -0.1) is 0 Å². The fourth-order valence-electron chi connectivity index (χ4n) is 1.27. The number of benzene rings is 2. The summed E-state index contributed by atoms with van der Waals surface area (Å²) in [6, 6.07) is 8.22. The SMILES string of the molecule is Oc1ccc2cc(Cl)ccc2c1O. The molecule has 0 aromatic heterocycles. The number of hydrogen-bond donors (Lipinski definition) is 2. The first-order valence-corrected chi connectivity index (χ1v) is 4.16. The van der Waals surface area contributed by atoms with Crippen LogP contribution in [0.15, 0.2) is 30.3 Å². The molecule has 0 radical (unpaired) electrons. The molecule has 0 amide bonds. The van der Waals surface area contributed by atoms with E-state index in [1.54, 1.807) is 24.3 Å². The van der Waals surface area contributed by atoms with Crippen molar-refractivity contribution in [1.82, 2.24) is 0 Å². The summed E-state index contributed by atoms with van der Waals surface area (Å²) in [6.45, 7) is 0. The molecule has 0 unspecified atom stereocenters. The number of phenols is 2. The van der Waals surface area contributed by atoms with Crippen LogP contribution >= 0.6 is 11.6 Å². The van der Waals surface area contributed by atoms with E-state index < -0.39 is 0 Å². The number of rotatable bonds is 0. The zero-order valence-electron chi connectivity index (χ0n) is 6.66. The monoisotopic (exact) mass is 194 g/mol. The summed E-state index contributed by atoms with van der Waals surface area (Å²) in [7, 11) is 0. The van der Waals surface area contributed by atoms with Crippen LogP contribution in [0.3, 0.4) is 0 Å². The van der Waals surface area contributed by atoms with Crippen LogP contribution in [0, 0.1) is 0 Å². The second-order valence-corrected chi connectivity index (χ2v) is 3.24. The molecule has 13 heavy (non-hydrogen) atoms. The van der Waals surface area contributed by atoms with Crippen LogP contribution in [0.1, 0.15) is 0 Å². The minimum Gasteiger partial charge on any atom is -0.504 e. The average molecular weight is 195 g/mol. The van der Waals surface area contributed by atoms with Crippen molar-refractivity contribution < 1.29 is 10.2 Å². The van der Waals surface area contributed by atoms with Gasteiger partial charge in [0.15, 0.2) is 11.5 Å². The Kier molecular flexibility index (Phi) is 1.78. The third kappa shape index (κ3) is 1.29. The zero-order chi connectivity index (χ0) is 9.42. The van der Waals surface area contributed by atoms with Crippen LogP contribution < -0.4 is 0 Å². The van der Waals surface area contributed by atoms with Crippen molar-refractivity contribution in [2.75, 3.05) is 0 Å². The maximum Gasteiger partial charge on any atom is 0.165 e. The van der Waals surface area contributed by atoms with Crippen LogP contribution in [0.5, 0.6) is 11.5 Å². The fraction of sp³-hybridized carbons (Fsp3) is 0. The smallest absolute Gasteiger partial charge is 0.165 e. The predicted octanol–water partition coefficient (Wildman–Crippen LogP) is 2.90. The molecule has 0 saturated carbocycles. The normalized spacial score (nSPS) is 10.5. The van der Waals surface area contributed by atoms with Gasteiger partial charge in [-0.25, -0.2) is 0 Å². The molecule has 2 aromatic rings. The van der Waals surface area contributed by atoms with E-state index in [-0.39, 0.29) is 11.5 Å². The molecule has 2 nitrogen and oxygen atoms in total. The molecule has 0 aliphatic heterocycles. The molecule has 0 heterocycles. The summed E-state index contributed by atoms with van der Waals surface area (Å²) in [5.74, 6) is -0.219. The van der Waals surface area contributed by atoms with Gasteiger partial charge in [0, 0.05) is 10.4 Å². The van der Waals surface area contributed by atoms with E-state index in [0.29, 0.717) is 10.4 Å². The third-order valence-electron chi connectivity index (χ3n) is 1.93. The molecular formula is C10H7ClO2. The molecule has 0 bridgehead atoms. The van der Waals surface area contributed by atoms with Crippen LogP contribution in [-0.4, -0.2) is 10.2 Å². The molecule has 0 spiro atoms. The summed E-state index contributed by atoms with van der Waals surface area (Å²) in [4.78, 5) is 0. The minimum atomic E-state index is -0.116. The van der Waals surface area contributed by atoms with Crippen LogP contribution in [0.25, 0.3) is 10.8 Å². The Bertz CT molecular complexity index is 466. The van der Waals surface area contributed by atoms with E-state index >= 15 is 0 Å². The predicted molar refractivity (Wildman–Crippen MR) is 52.3 cm³/mol. The third-order valence-corrected chi connectivity index (χ3v) is 2.17. The molecule has 2 rings (SSSR count). The van der Waals surface area contributed by atoms with Gasteiger partial charge < -0.3 is 10.2 Å². The first kappa shape index (κ1) is 8.20. The van der Waals surface area contributed by atoms with E-state index in [4.69, 9.17) is 11.6 Å². The first-order valence-electron chi connectivity index (χ1n) is 3.78. The van der Waals surface area contributed by atoms with Gasteiger partial charge in [-0.3, -0.25) is 0 Å². The van der Waals surface area contributed by atoms with Gasteiger partial charge in [-0.1, -0.05) is 17.7 Å². The van der Waals surface area contributed by atoms with Crippen LogP contribution in [0.2, 0.25) is 5.02 Å². The average Bonchev–Trinajstić information content (AvgIpc) is 2.12. The van der Waals surface area contributed by atoms with Crippen molar-refractivity contribution in [2.24, 2.45) is 0 Å². The van der Waals surface area contributed by atoms with Gasteiger partial charge in [0.2, 0.25) is 0 Å². The summed E-state index contributed by atoms with van der Waals surface area (Å²) in [6.07, 6.45) is 0. The zero-order valence-corrected chi connectivity index (χ0v) is 7.42. The highest BCUT2D eigenvalue weighted by Crippen LogP contribution is 2.34. The molecule has 2 N–H and O–H groups in total. The molecule has 0 aliphatic rings. The lowest BCUT2D eigenvalue weighted by atomic mass is 10.1. The molecule has 2 aromatic carbocycles. The molecule has 3 heteroatoms. The molecule has 0 fully saturated rings. The number of fused-ring (bicyclic) bond motifs is 1. The Balaban J connectivity index is 2.87. The number of hydrogen-bond acceptors (Lipinski definition) is 2. The second kappa shape index (κ2) is 2.82. The van der Waals surface area contributed by atoms with Crippen molar-refractivity contribution in [1.29, 1.82) is 0 Å². The van der Waals surface area contributed by atoms with Crippen molar-refractivity contribution in [3.8, 4) is 11.5 Å². The quantitative estimate of drug-likeness (QED) is 0.633. The summed E-state index contributed by atoms with van der Waals surface area (Å²) in [5.41, 5.74) is 0. The Morgan fingerprint density at radius 2 is 1.77 bits per heavy atom. The molecular weight excluding hydrogens is 188 g/mol. The van der Waals surface area contributed by atoms with E-state index in [0.717, 1.165) is 5.39 Å². The second-order valence-electron chi connectivity index (χ2n) is 2.80. The van der Waals surface area contributed by atoms with E-state index in [1.165, 1.54) is 6.07 Å². The Labute approximate surface area is 80.0 Å². The van der Waals surface area contributed by atoms with Crippen molar-refractivity contribution in [3.63, 3.8) is 0 Å². The lowest BCUT2D eigenvalue weighted by Gasteiger charge is -2.02. The standard InChI is InChI=1S/C10H7ClO2/c11-7-2-3-8-6(5-7)1-4-9(12)10(8)13/h1-5,12-13H. The maximum atomic E-state index is 9.46. The summed E-state index contributed by atoms with van der Waals surface area (Å²) in [5, 5.41) is 20.7. The molecule has 0 atom stereocenters. The van der Waals surface area contributed by atoms with E-state index in [2.05, 4.69) is 0 Å². The molecule has 0 saturated heterocycles. The van der Waals surface area contributed by atoms with Crippen LogP contribution in [-0.2, 0) is 0 Å². The van der Waals surface area contributed by atoms with E-state index in [1.807, 2.05) is 0 Å². The number of halogens is 1. The van der Waals surface area contributed by atoms with Gasteiger partial charge in [-0.2, -0.15) is 0 Å². The Hall–Kier alpha value is -1.41. The van der Waals surface area contributed by atoms with Gasteiger partial charge >= 0.3 is 0 Å². The van der Waals surface area contributed by atoms with Gasteiger partial charge in [-0.05, 0) is 29.7 Å². The fourth-order valence-corrected chi connectivity index (χ4v) is 1.45. The lowest BCUT2D eigenvalue weighted by molar-refractivity contribution is 0.408. The topological polar surface area (TPSA) is 40.5 Å². The molecule has 0 aliphatic carbocycles. The Morgan fingerprint density at radius 1 is 1.00 bits per heavy atom. The summed E-state index contributed by atoms with van der Waals surface area (Å²) >= 11 is 5.77. The van der Waals surface area contributed by atoms with Crippen LogP contribution in [0.4, 0.5) is 0 Å². The van der Waals surface area contributed by atoms with Gasteiger partial charge in [0.25, 0.3) is 0 Å². The van der Waals surface area contributed by atoms with Gasteiger partial charge in [0.1, 0.15) is 0 Å². The summed E-state index contributed by atoms with van der Waals surface area (Å²) < 4.78 is 0. The number of phenolic OH excluding ortho intramolecular Hbond substituents is 2. The highest BCUT2D eigenvalue weighted by atomic mass is 35.5. The Morgan fingerprint density at radius 3 is 2.54 bits per heavy atom. The van der Waals surface area contributed by atoms with Gasteiger partial charge in [0.05, 0.1) is 0 Å².